The van der Waals surface area contributed by atoms with E-state index in [1.165, 1.54) is 18.3 Å². The Labute approximate surface area is 137 Å². The number of alkyl halides is 3. The fourth-order valence-corrected chi connectivity index (χ4v) is 2.67. The van der Waals surface area contributed by atoms with Crippen molar-refractivity contribution < 1.29 is 13.2 Å². The van der Waals surface area contributed by atoms with Crippen LogP contribution in [0.4, 0.5) is 13.2 Å². The summed E-state index contributed by atoms with van der Waals surface area (Å²) in [5.74, 6) is 0. The fraction of sp³-hybridized carbons (Fsp3) is 0.133. The van der Waals surface area contributed by atoms with E-state index < -0.39 is 27.9 Å². The SMILES string of the molecule is Cc1ncccc1-n1c(=O)c(=O)[nH]c2cc(Cl)c(C(F)(F)F)cc21. The molecule has 0 aliphatic heterocycles. The third kappa shape index (κ3) is 2.58. The zero-order valence-corrected chi connectivity index (χ0v) is 12.9. The van der Waals surface area contributed by atoms with Crippen molar-refractivity contribution in [2.75, 3.05) is 0 Å². The lowest BCUT2D eigenvalue weighted by Crippen LogP contribution is -2.36. The van der Waals surface area contributed by atoms with Crippen LogP contribution in [0.15, 0.2) is 40.1 Å². The number of nitrogens with zero attached hydrogens (tertiary/aromatic N) is 2. The van der Waals surface area contributed by atoms with Gasteiger partial charge in [-0.2, -0.15) is 13.2 Å². The van der Waals surface area contributed by atoms with Gasteiger partial charge in [-0.3, -0.25) is 19.1 Å². The van der Waals surface area contributed by atoms with E-state index in [0.29, 0.717) is 5.69 Å². The summed E-state index contributed by atoms with van der Waals surface area (Å²) in [7, 11) is 0. The maximum atomic E-state index is 13.1. The highest BCUT2D eigenvalue weighted by Crippen LogP contribution is 2.36. The molecule has 0 atom stereocenters. The number of pyridine rings is 1. The normalized spacial score (nSPS) is 11.9. The number of benzene rings is 1. The van der Waals surface area contributed by atoms with Gasteiger partial charge in [-0.05, 0) is 31.2 Å². The highest BCUT2D eigenvalue weighted by molar-refractivity contribution is 6.32. The van der Waals surface area contributed by atoms with Crippen molar-refractivity contribution in [2.45, 2.75) is 13.1 Å². The van der Waals surface area contributed by atoms with E-state index in [1.807, 2.05) is 0 Å². The van der Waals surface area contributed by atoms with E-state index in [0.717, 1.165) is 16.7 Å². The van der Waals surface area contributed by atoms with Crippen molar-refractivity contribution in [3.05, 3.63) is 67.4 Å². The number of fused-ring (bicyclic) bond motifs is 1. The van der Waals surface area contributed by atoms with Crippen LogP contribution >= 0.6 is 11.6 Å². The third-order valence-electron chi connectivity index (χ3n) is 3.50. The molecule has 9 heteroatoms. The van der Waals surface area contributed by atoms with E-state index in [9.17, 15) is 22.8 Å². The predicted molar refractivity (Wildman–Crippen MR) is 82.7 cm³/mol. The molecule has 0 fully saturated rings. The fourth-order valence-electron chi connectivity index (χ4n) is 2.40. The Hall–Kier alpha value is -2.61. The van der Waals surface area contributed by atoms with Crippen molar-refractivity contribution in [3.8, 4) is 5.69 Å². The van der Waals surface area contributed by atoms with Crippen molar-refractivity contribution in [1.29, 1.82) is 0 Å². The average Bonchev–Trinajstić information content (AvgIpc) is 2.48. The summed E-state index contributed by atoms with van der Waals surface area (Å²) in [6, 6.07) is 4.72. The number of rotatable bonds is 1. The number of aryl methyl sites for hydroxylation is 1. The lowest BCUT2D eigenvalue weighted by molar-refractivity contribution is -0.137. The summed E-state index contributed by atoms with van der Waals surface area (Å²) in [6.45, 7) is 1.58. The first-order valence-electron chi connectivity index (χ1n) is 6.68. The Morgan fingerprint density at radius 3 is 2.58 bits per heavy atom. The molecule has 0 aliphatic carbocycles. The second-order valence-electron chi connectivity index (χ2n) is 5.05. The van der Waals surface area contributed by atoms with Crippen LogP contribution < -0.4 is 11.1 Å². The van der Waals surface area contributed by atoms with Gasteiger partial charge in [-0.1, -0.05) is 11.6 Å². The van der Waals surface area contributed by atoms with Crippen molar-refractivity contribution in [1.82, 2.24) is 14.5 Å². The molecule has 0 radical (unpaired) electrons. The number of H-pyrrole nitrogens is 1. The average molecular weight is 356 g/mol. The molecule has 0 saturated heterocycles. The topological polar surface area (TPSA) is 67.8 Å². The molecule has 3 aromatic rings. The van der Waals surface area contributed by atoms with E-state index in [2.05, 4.69) is 9.97 Å². The van der Waals surface area contributed by atoms with Gasteiger partial charge in [0.15, 0.2) is 0 Å². The molecule has 0 bridgehead atoms. The first-order chi connectivity index (χ1) is 11.2. The van der Waals surface area contributed by atoms with Crippen molar-refractivity contribution in [2.24, 2.45) is 0 Å². The summed E-state index contributed by atoms with van der Waals surface area (Å²) in [5.41, 5.74) is -2.58. The van der Waals surface area contributed by atoms with E-state index in [1.54, 1.807) is 6.92 Å². The summed E-state index contributed by atoms with van der Waals surface area (Å²) in [6.07, 6.45) is -3.23. The highest BCUT2D eigenvalue weighted by atomic mass is 35.5. The van der Waals surface area contributed by atoms with Crippen LogP contribution in [0, 0.1) is 6.92 Å². The van der Waals surface area contributed by atoms with Gasteiger partial charge in [-0.15, -0.1) is 0 Å². The Bertz CT molecular complexity index is 1070. The molecule has 1 aromatic carbocycles. The monoisotopic (exact) mass is 355 g/mol. The second-order valence-corrected chi connectivity index (χ2v) is 5.46. The Morgan fingerprint density at radius 2 is 1.96 bits per heavy atom. The molecule has 24 heavy (non-hydrogen) atoms. The quantitative estimate of drug-likeness (QED) is 0.682. The van der Waals surface area contributed by atoms with Crippen LogP contribution in [-0.4, -0.2) is 14.5 Å². The summed E-state index contributed by atoms with van der Waals surface area (Å²) < 4.78 is 40.2. The van der Waals surface area contributed by atoms with E-state index >= 15 is 0 Å². The van der Waals surface area contributed by atoms with Crippen LogP contribution in [-0.2, 0) is 6.18 Å². The number of nitrogens with one attached hydrogen (secondary N) is 1. The lowest BCUT2D eigenvalue weighted by atomic mass is 10.1. The highest BCUT2D eigenvalue weighted by Gasteiger charge is 2.34. The Balaban J connectivity index is 2.52. The number of hydrogen-bond acceptors (Lipinski definition) is 3. The van der Waals surface area contributed by atoms with Crippen molar-refractivity contribution in [3.63, 3.8) is 0 Å². The zero-order valence-electron chi connectivity index (χ0n) is 12.1. The second kappa shape index (κ2) is 5.48. The molecular weight excluding hydrogens is 347 g/mol. The lowest BCUT2D eigenvalue weighted by Gasteiger charge is -2.15. The minimum Gasteiger partial charge on any atom is -0.316 e. The number of aromatic nitrogens is 3. The molecule has 0 saturated carbocycles. The van der Waals surface area contributed by atoms with Gasteiger partial charge in [0.1, 0.15) is 0 Å². The third-order valence-corrected chi connectivity index (χ3v) is 3.81. The largest absolute Gasteiger partial charge is 0.417 e. The smallest absolute Gasteiger partial charge is 0.316 e. The first-order valence-corrected chi connectivity index (χ1v) is 7.05. The van der Waals surface area contributed by atoms with Gasteiger partial charge in [0, 0.05) is 6.20 Å². The van der Waals surface area contributed by atoms with Crippen LogP contribution in [0.5, 0.6) is 0 Å². The molecule has 0 aliphatic rings. The van der Waals surface area contributed by atoms with Gasteiger partial charge in [0.05, 0.1) is 33.0 Å². The molecule has 3 rings (SSSR count). The van der Waals surface area contributed by atoms with Gasteiger partial charge in [0.25, 0.3) is 0 Å². The minimum absolute atomic E-state index is 0.0147. The number of hydrogen-bond donors (Lipinski definition) is 1. The Morgan fingerprint density at radius 1 is 1.25 bits per heavy atom. The number of aromatic amines is 1. The molecule has 0 amide bonds. The molecule has 0 unspecified atom stereocenters. The first kappa shape index (κ1) is 16.3. The van der Waals surface area contributed by atoms with Crippen molar-refractivity contribution >= 4 is 22.6 Å². The summed E-state index contributed by atoms with van der Waals surface area (Å²) >= 11 is 5.67. The Kier molecular flexibility index (Phi) is 3.71. The van der Waals surface area contributed by atoms with Crippen LogP contribution in [0.3, 0.4) is 0 Å². The minimum atomic E-state index is -4.70. The molecule has 1 N–H and O–H groups in total. The molecule has 124 valence electrons. The van der Waals surface area contributed by atoms with Gasteiger partial charge in [-0.25, -0.2) is 0 Å². The van der Waals surface area contributed by atoms with E-state index in [4.69, 9.17) is 11.6 Å². The molecule has 2 aromatic heterocycles. The van der Waals surface area contributed by atoms with Crippen LogP contribution in [0.1, 0.15) is 11.3 Å². The summed E-state index contributed by atoms with van der Waals surface area (Å²) in [5, 5.41) is -0.571. The summed E-state index contributed by atoms with van der Waals surface area (Å²) in [4.78, 5) is 30.4. The van der Waals surface area contributed by atoms with Crippen LogP contribution in [0.25, 0.3) is 16.7 Å². The van der Waals surface area contributed by atoms with Gasteiger partial charge in [0.2, 0.25) is 0 Å². The maximum absolute atomic E-state index is 13.1. The number of halogens is 4. The van der Waals surface area contributed by atoms with Gasteiger partial charge < -0.3 is 4.98 Å². The standard InChI is InChI=1S/C15H9ClF3N3O2/c1-7-11(3-2-4-20-7)22-12-5-8(15(17,18)19)9(16)6-10(12)21-13(23)14(22)24/h2-6H,1H3,(H,21,23). The zero-order chi connectivity index (χ0) is 17.6. The molecule has 5 nitrogen and oxygen atoms in total. The molecular formula is C15H9ClF3N3O2. The van der Waals surface area contributed by atoms with Crippen LogP contribution in [0.2, 0.25) is 5.02 Å². The maximum Gasteiger partial charge on any atom is 0.417 e. The molecule has 0 spiro atoms. The molecule has 2 heterocycles. The predicted octanol–water partition coefficient (Wildman–Crippen LogP) is 3.05. The van der Waals surface area contributed by atoms with E-state index in [-0.39, 0.29) is 16.7 Å². The van der Waals surface area contributed by atoms with Gasteiger partial charge >= 0.3 is 17.3 Å².